The smallest absolute Gasteiger partial charge is 0.256 e. The van der Waals surface area contributed by atoms with Crippen molar-refractivity contribution in [1.29, 1.82) is 0 Å². The zero-order chi connectivity index (χ0) is 14.7. The van der Waals surface area contributed by atoms with E-state index in [1.165, 1.54) is 0 Å². The highest BCUT2D eigenvalue weighted by molar-refractivity contribution is 14.1. The molecule has 0 saturated carbocycles. The maximum absolute atomic E-state index is 12.3. The van der Waals surface area contributed by atoms with Crippen molar-refractivity contribution in [1.82, 2.24) is 0 Å². The van der Waals surface area contributed by atoms with E-state index in [4.69, 9.17) is 5.73 Å². The first-order valence-corrected chi connectivity index (χ1v) is 7.03. The Morgan fingerprint density at radius 3 is 2.45 bits per heavy atom. The number of rotatable bonds is 3. The summed E-state index contributed by atoms with van der Waals surface area (Å²) in [5, 5.41) is 2.72. The summed E-state index contributed by atoms with van der Waals surface area (Å²) in [6.45, 7) is 1.96. The minimum absolute atomic E-state index is 0.261. The molecule has 0 atom stereocenters. The Balaban J connectivity index is 2.30. The summed E-state index contributed by atoms with van der Waals surface area (Å²) in [7, 11) is 0. The van der Waals surface area contributed by atoms with Crippen LogP contribution in [0.5, 0.6) is 0 Å². The van der Waals surface area contributed by atoms with Gasteiger partial charge in [-0.15, -0.1) is 0 Å². The van der Waals surface area contributed by atoms with Crippen LogP contribution in [0.15, 0.2) is 42.5 Å². The molecule has 0 radical (unpaired) electrons. The SMILES string of the molecule is Cc1ccc(C(=O)Nc2ccccc2C(N)=O)c(I)c1. The van der Waals surface area contributed by atoms with Gasteiger partial charge in [0, 0.05) is 3.57 Å². The standard InChI is InChI=1S/C15H13IN2O2/c1-9-6-7-10(12(16)8-9)15(20)18-13-5-3-2-4-11(13)14(17)19/h2-8H,1H3,(H2,17,19)(H,18,20). The van der Waals surface area contributed by atoms with Gasteiger partial charge in [-0.2, -0.15) is 0 Å². The van der Waals surface area contributed by atoms with Crippen LogP contribution in [-0.2, 0) is 0 Å². The topological polar surface area (TPSA) is 72.2 Å². The van der Waals surface area contributed by atoms with Crippen molar-refractivity contribution in [2.45, 2.75) is 6.92 Å². The van der Waals surface area contributed by atoms with Crippen molar-refractivity contribution in [3.63, 3.8) is 0 Å². The monoisotopic (exact) mass is 380 g/mol. The summed E-state index contributed by atoms with van der Waals surface area (Å²) in [5.74, 6) is -0.831. The van der Waals surface area contributed by atoms with Crippen LogP contribution in [0.3, 0.4) is 0 Å². The molecule has 4 nitrogen and oxygen atoms in total. The molecule has 0 aliphatic rings. The predicted octanol–water partition coefficient (Wildman–Crippen LogP) is 2.95. The third-order valence-electron chi connectivity index (χ3n) is 2.81. The fourth-order valence-electron chi connectivity index (χ4n) is 1.80. The van der Waals surface area contributed by atoms with Crippen molar-refractivity contribution >= 4 is 40.1 Å². The van der Waals surface area contributed by atoms with E-state index in [0.717, 1.165) is 9.13 Å². The highest BCUT2D eigenvalue weighted by Crippen LogP contribution is 2.19. The number of anilines is 1. The Morgan fingerprint density at radius 1 is 1.10 bits per heavy atom. The molecule has 0 heterocycles. The number of carbonyl (C=O) groups is 2. The predicted molar refractivity (Wildman–Crippen MR) is 86.8 cm³/mol. The number of aryl methyl sites for hydroxylation is 1. The van der Waals surface area contributed by atoms with E-state index >= 15 is 0 Å². The van der Waals surface area contributed by atoms with E-state index in [1.807, 2.05) is 19.1 Å². The second-order valence-electron chi connectivity index (χ2n) is 4.35. The number of benzene rings is 2. The third kappa shape index (κ3) is 3.16. The summed E-state index contributed by atoms with van der Waals surface area (Å²) in [5.41, 5.74) is 7.65. The summed E-state index contributed by atoms with van der Waals surface area (Å²) >= 11 is 2.11. The van der Waals surface area contributed by atoms with Crippen LogP contribution >= 0.6 is 22.6 Å². The summed E-state index contributed by atoms with van der Waals surface area (Å²) < 4.78 is 0.858. The lowest BCUT2D eigenvalue weighted by Gasteiger charge is -2.10. The van der Waals surface area contributed by atoms with Gasteiger partial charge < -0.3 is 11.1 Å². The van der Waals surface area contributed by atoms with E-state index in [0.29, 0.717) is 16.8 Å². The molecule has 2 aromatic rings. The van der Waals surface area contributed by atoms with Gasteiger partial charge in [0.2, 0.25) is 0 Å². The molecule has 0 aliphatic carbocycles. The lowest BCUT2D eigenvalue weighted by molar-refractivity contribution is 0.100. The molecule has 0 aromatic heterocycles. The van der Waals surface area contributed by atoms with Gasteiger partial charge in [0.05, 0.1) is 16.8 Å². The molecule has 0 saturated heterocycles. The number of hydrogen-bond acceptors (Lipinski definition) is 2. The first-order valence-electron chi connectivity index (χ1n) is 5.95. The van der Waals surface area contributed by atoms with Crippen LogP contribution in [0.25, 0.3) is 0 Å². The quantitative estimate of drug-likeness (QED) is 0.804. The number of carbonyl (C=O) groups excluding carboxylic acids is 2. The van der Waals surface area contributed by atoms with Crippen molar-refractivity contribution in [2.75, 3.05) is 5.32 Å². The summed E-state index contributed by atoms with van der Waals surface area (Å²) in [6.07, 6.45) is 0. The van der Waals surface area contributed by atoms with Crippen molar-refractivity contribution in [3.8, 4) is 0 Å². The Labute approximate surface area is 130 Å². The Morgan fingerprint density at radius 2 is 1.80 bits per heavy atom. The van der Waals surface area contributed by atoms with Crippen LogP contribution in [0.1, 0.15) is 26.3 Å². The van der Waals surface area contributed by atoms with E-state index in [-0.39, 0.29) is 5.91 Å². The molecule has 20 heavy (non-hydrogen) atoms. The average Bonchev–Trinajstić information content (AvgIpc) is 2.38. The second-order valence-corrected chi connectivity index (χ2v) is 5.51. The molecule has 0 spiro atoms. The molecular formula is C15H13IN2O2. The van der Waals surface area contributed by atoms with Crippen LogP contribution in [0, 0.1) is 10.5 Å². The van der Waals surface area contributed by atoms with Gasteiger partial charge in [-0.25, -0.2) is 0 Å². The van der Waals surface area contributed by atoms with Gasteiger partial charge >= 0.3 is 0 Å². The molecule has 2 amide bonds. The maximum atomic E-state index is 12.3. The number of nitrogens with one attached hydrogen (secondary N) is 1. The van der Waals surface area contributed by atoms with Gasteiger partial charge in [0.15, 0.2) is 0 Å². The maximum Gasteiger partial charge on any atom is 0.256 e. The van der Waals surface area contributed by atoms with E-state index < -0.39 is 5.91 Å². The van der Waals surface area contributed by atoms with E-state index in [2.05, 4.69) is 27.9 Å². The Bertz CT molecular complexity index is 683. The molecular weight excluding hydrogens is 367 g/mol. The lowest BCUT2D eigenvalue weighted by Crippen LogP contribution is -2.18. The molecule has 2 aromatic carbocycles. The summed E-state index contributed by atoms with van der Waals surface area (Å²) in [6, 6.07) is 12.2. The van der Waals surface area contributed by atoms with Gasteiger partial charge in [-0.1, -0.05) is 23.8 Å². The van der Waals surface area contributed by atoms with Crippen LogP contribution in [-0.4, -0.2) is 11.8 Å². The fraction of sp³-hybridized carbons (Fsp3) is 0.0667. The normalized spacial score (nSPS) is 10.1. The molecule has 0 bridgehead atoms. The average molecular weight is 380 g/mol. The van der Waals surface area contributed by atoms with E-state index in [1.54, 1.807) is 30.3 Å². The van der Waals surface area contributed by atoms with Crippen molar-refractivity contribution < 1.29 is 9.59 Å². The first kappa shape index (κ1) is 14.5. The third-order valence-corrected chi connectivity index (χ3v) is 3.70. The number of hydrogen-bond donors (Lipinski definition) is 2. The number of primary amides is 1. The molecule has 2 rings (SSSR count). The van der Waals surface area contributed by atoms with Gasteiger partial charge in [-0.3, -0.25) is 9.59 Å². The zero-order valence-electron chi connectivity index (χ0n) is 10.8. The fourth-order valence-corrected chi connectivity index (χ4v) is 2.72. The second kappa shape index (κ2) is 6.04. The first-order chi connectivity index (χ1) is 9.49. The van der Waals surface area contributed by atoms with Crippen LogP contribution < -0.4 is 11.1 Å². The molecule has 0 aliphatic heterocycles. The summed E-state index contributed by atoms with van der Waals surface area (Å²) in [4.78, 5) is 23.6. The van der Waals surface area contributed by atoms with Crippen LogP contribution in [0.4, 0.5) is 5.69 Å². The van der Waals surface area contributed by atoms with Gasteiger partial charge in [0.25, 0.3) is 11.8 Å². The number of amides is 2. The number of nitrogens with two attached hydrogens (primary N) is 1. The highest BCUT2D eigenvalue weighted by Gasteiger charge is 2.13. The zero-order valence-corrected chi connectivity index (χ0v) is 13.0. The molecule has 5 heteroatoms. The number of para-hydroxylation sites is 1. The molecule has 0 unspecified atom stereocenters. The van der Waals surface area contributed by atoms with Crippen molar-refractivity contribution in [3.05, 3.63) is 62.7 Å². The van der Waals surface area contributed by atoms with Crippen molar-refractivity contribution in [2.24, 2.45) is 5.73 Å². The molecule has 0 fully saturated rings. The minimum Gasteiger partial charge on any atom is -0.366 e. The highest BCUT2D eigenvalue weighted by atomic mass is 127. The van der Waals surface area contributed by atoms with Gasteiger partial charge in [0.1, 0.15) is 0 Å². The largest absolute Gasteiger partial charge is 0.366 e. The number of halogens is 1. The molecule has 3 N–H and O–H groups in total. The Hall–Kier alpha value is -1.89. The van der Waals surface area contributed by atoms with E-state index in [9.17, 15) is 9.59 Å². The lowest BCUT2D eigenvalue weighted by atomic mass is 10.1. The van der Waals surface area contributed by atoms with Crippen LogP contribution in [0.2, 0.25) is 0 Å². The Kier molecular flexibility index (Phi) is 4.39. The van der Waals surface area contributed by atoms with Gasteiger partial charge in [-0.05, 0) is 53.8 Å². The molecule has 102 valence electrons. The minimum atomic E-state index is -0.570.